The molecule has 1 fully saturated rings. The van der Waals surface area contributed by atoms with Gasteiger partial charge in [-0.25, -0.2) is 0 Å². The highest BCUT2D eigenvalue weighted by atomic mass is 16.2. The first-order valence-corrected chi connectivity index (χ1v) is 4.62. The Morgan fingerprint density at radius 2 is 2.23 bits per heavy atom. The lowest BCUT2D eigenvalue weighted by molar-refractivity contribution is -0.130. The van der Waals surface area contributed by atoms with Crippen LogP contribution in [0, 0.1) is 11.3 Å². The van der Waals surface area contributed by atoms with Crippen molar-refractivity contribution in [2.24, 2.45) is 0 Å². The van der Waals surface area contributed by atoms with Gasteiger partial charge in [0.05, 0.1) is 12.5 Å². The molecule has 0 aromatic heterocycles. The molecule has 4 nitrogen and oxygen atoms in total. The zero-order valence-corrected chi connectivity index (χ0v) is 7.92. The van der Waals surface area contributed by atoms with Crippen molar-refractivity contribution in [2.75, 3.05) is 20.1 Å². The summed E-state index contributed by atoms with van der Waals surface area (Å²) in [7, 11) is 1.70. The summed E-state index contributed by atoms with van der Waals surface area (Å²) >= 11 is 0. The molecule has 0 aromatic carbocycles. The second kappa shape index (κ2) is 4.83. The molecule has 1 aliphatic rings. The summed E-state index contributed by atoms with van der Waals surface area (Å²) in [4.78, 5) is 13.3. The van der Waals surface area contributed by atoms with Crippen LogP contribution in [0.5, 0.6) is 0 Å². The van der Waals surface area contributed by atoms with Crippen molar-refractivity contribution in [1.82, 2.24) is 10.2 Å². The van der Waals surface area contributed by atoms with Crippen molar-refractivity contribution in [3.8, 4) is 6.07 Å². The van der Waals surface area contributed by atoms with Gasteiger partial charge in [0.2, 0.25) is 5.91 Å². The van der Waals surface area contributed by atoms with Crippen LogP contribution in [0.3, 0.4) is 0 Å². The number of rotatable bonds is 3. The molecule has 1 heterocycles. The van der Waals surface area contributed by atoms with E-state index in [9.17, 15) is 4.79 Å². The molecule has 1 atom stereocenters. The Kier molecular flexibility index (Phi) is 3.71. The van der Waals surface area contributed by atoms with Gasteiger partial charge >= 0.3 is 0 Å². The van der Waals surface area contributed by atoms with Gasteiger partial charge < -0.3 is 10.2 Å². The minimum Gasteiger partial charge on any atom is -0.343 e. The molecule has 0 aliphatic carbocycles. The van der Waals surface area contributed by atoms with Crippen LogP contribution < -0.4 is 5.32 Å². The van der Waals surface area contributed by atoms with Gasteiger partial charge in [0.1, 0.15) is 6.04 Å². The Balaban J connectivity index is 2.35. The van der Waals surface area contributed by atoms with E-state index in [4.69, 9.17) is 5.26 Å². The van der Waals surface area contributed by atoms with Gasteiger partial charge in [-0.1, -0.05) is 0 Å². The quantitative estimate of drug-likeness (QED) is 0.672. The van der Waals surface area contributed by atoms with Crippen LogP contribution in [0.15, 0.2) is 0 Å². The summed E-state index contributed by atoms with van der Waals surface area (Å²) in [5, 5.41) is 11.4. The number of carbonyl (C=O) groups excluding carboxylic acids is 1. The fraction of sp³-hybridized carbons (Fsp3) is 0.778. The Hall–Kier alpha value is -1.08. The number of likely N-dealkylation sites (tertiary alicyclic amines) is 1. The Bertz CT molecular complexity index is 215. The number of carbonyl (C=O) groups is 1. The van der Waals surface area contributed by atoms with Crippen molar-refractivity contribution in [2.45, 2.75) is 25.3 Å². The van der Waals surface area contributed by atoms with Crippen LogP contribution >= 0.6 is 0 Å². The predicted octanol–water partition coefficient (Wildman–Crippen LogP) is 0.110. The summed E-state index contributed by atoms with van der Waals surface area (Å²) in [6.45, 7) is 1.72. The topological polar surface area (TPSA) is 56.1 Å². The number of hydrogen-bond donors (Lipinski definition) is 1. The second-order valence-electron chi connectivity index (χ2n) is 3.26. The minimum atomic E-state index is -0.340. The van der Waals surface area contributed by atoms with Crippen LogP contribution in [0.4, 0.5) is 0 Å². The Morgan fingerprint density at radius 1 is 1.62 bits per heavy atom. The molecule has 0 saturated carbocycles. The predicted molar refractivity (Wildman–Crippen MR) is 48.9 cm³/mol. The molecular formula is C9H15N3O. The first kappa shape index (κ1) is 10.0. The van der Waals surface area contributed by atoms with Crippen molar-refractivity contribution < 1.29 is 4.79 Å². The van der Waals surface area contributed by atoms with E-state index in [1.807, 2.05) is 11.0 Å². The van der Waals surface area contributed by atoms with E-state index in [0.717, 1.165) is 25.9 Å². The van der Waals surface area contributed by atoms with Gasteiger partial charge in [-0.3, -0.25) is 4.79 Å². The van der Waals surface area contributed by atoms with Crippen molar-refractivity contribution in [3.05, 3.63) is 0 Å². The Labute approximate surface area is 78.5 Å². The average Bonchev–Trinajstić information content (AvgIpc) is 2.66. The summed E-state index contributed by atoms with van der Waals surface area (Å²) < 4.78 is 0. The first-order chi connectivity index (χ1) is 6.27. The zero-order valence-electron chi connectivity index (χ0n) is 7.92. The molecule has 0 aromatic rings. The van der Waals surface area contributed by atoms with Gasteiger partial charge in [-0.15, -0.1) is 0 Å². The number of nitrogens with one attached hydrogen (secondary N) is 1. The lowest BCUT2D eigenvalue weighted by atomic mass is 10.2. The van der Waals surface area contributed by atoms with Crippen LogP contribution in [-0.2, 0) is 4.79 Å². The van der Waals surface area contributed by atoms with Gasteiger partial charge in [0.15, 0.2) is 0 Å². The molecular weight excluding hydrogens is 166 g/mol. The smallest absolute Gasteiger partial charge is 0.225 e. The molecule has 1 rings (SSSR count). The number of nitriles is 1. The maximum Gasteiger partial charge on any atom is 0.225 e. The van der Waals surface area contributed by atoms with Crippen LogP contribution in [0.1, 0.15) is 19.3 Å². The van der Waals surface area contributed by atoms with E-state index in [2.05, 4.69) is 5.32 Å². The highest BCUT2D eigenvalue weighted by Crippen LogP contribution is 2.09. The maximum atomic E-state index is 11.5. The molecule has 0 spiro atoms. The molecule has 1 unspecified atom stereocenters. The molecule has 4 heteroatoms. The molecule has 1 saturated heterocycles. The van der Waals surface area contributed by atoms with Crippen molar-refractivity contribution >= 4 is 5.91 Å². The lowest BCUT2D eigenvalue weighted by Crippen LogP contribution is -2.34. The molecule has 72 valence electrons. The van der Waals surface area contributed by atoms with Gasteiger partial charge in [-0.05, 0) is 19.9 Å². The highest BCUT2D eigenvalue weighted by Gasteiger charge is 2.20. The molecule has 0 bridgehead atoms. The van der Waals surface area contributed by atoms with E-state index in [-0.39, 0.29) is 11.9 Å². The number of amides is 1. The van der Waals surface area contributed by atoms with E-state index < -0.39 is 0 Å². The van der Waals surface area contributed by atoms with Crippen molar-refractivity contribution in [1.29, 1.82) is 5.26 Å². The summed E-state index contributed by atoms with van der Waals surface area (Å²) in [5.41, 5.74) is 0. The third-order valence-electron chi connectivity index (χ3n) is 2.34. The van der Waals surface area contributed by atoms with Crippen LogP contribution in [-0.4, -0.2) is 37.0 Å². The first-order valence-electron chi connectivity index (χ1n) is 4.62. The SMILES string of the molecule is CNC(C#N)CC(=O)N1CCCC1. The second-order valence-corrected chi connectivity index (χ2v) is 3.26. The number of hydrogen-bond acceptors (Lipinski definition) is 3. The third kappa shape index (κ3) is 2.71. The third-order valence-corrected chi connectivity index (χ3v) is 2.34. The fourth-order valence-electron chi connectivity index (χ4n) is 1.48. The fourth-order valence-corrected chi connectivity index (χ4v) is 1.48. The van der Waals surface area contributed by atoms with Crippen LogP contribution in [0.25, 0.3) is 0 Å². The molecule has 13 heavy (non-hydrogen) atoms. The molecule has 1 amide bonds. The van der Waals surface area contributed by atoms with Gasteiger partial charge in [0, 0.05) is 13.1 Å². The summed E-state index contributed by atoms with van der Waals surface area (Å²) in [6, 6.07) is 1.71. The van der Waals surface area contributed by atoms with E-state index in [1.165, 1.54) is 0 Å². The normalized spacial score (nSPS) is 18.3. The average molecular weight is 181 g/mol. The Morgan fingerprint density at radius 3 is 2.69 bits per heavy atom. The standard InChI is InChI=1S/C9H15N3O/c1-11-8(7-10)6-9(13)12-4-2-3-5-12/h8,11H,2-6H2,1H3. The monoisotopic (exact) mass is 181 g/mol. The minimum absolute atomic E-state index is 0.0957. The molecule has 1 aliphatic heterocycles. The lowest BCUT2D eigenvalue weighted by Gasteiger charge is -2.16. The van der Waals surface area contributed by atoms with Gasteiger partial charge in [0.25, 0.3) is 0 Å². The van der Waals surface area contributed by atoms with E-state index in [0.29, 0.717) is 6.42 Å². The largest absolute Gasteiger partial charge is 0.343 e. The summed E-state index contributed by atoms with van der Waals surface area (Å²) in [6.07, 6.45) is 2.50. The molecule has 1 N–H and O–H groups in total. The maximum absolute atomic E-state index is 11.5. The zero-order chi connectivity index (χ0) is 9.68. The highest BCUT2D eigenvalue weighted by molar-refractivity contribution is 5.77. The van der Waals surface area contributed by atoms with E-state index in [1.54, 1.807) is 7.05 Å². The van der Waals surface area contributed by atoms with E-state index >= 15 is 0 Å². The van der Waals surface area contributed by atoms with Crippen molar-refractivity contribution in [3.63, 3.8) is 0 Å². The summed E-state index contributed by atoms with van der Waals surface area (Å²) in [5.74, 6) is 0.0957. The van der Waals surface area contributed by atoms with Gasteiger partial charge in [-0.2, -0.15) is 5.26 Å². The number of nitrogens with zero attached hydrogens (tertiary/aromatic N) is 2. The van der Waals surface area contributed by atoms with Crippen LogP contribution in [0.2, 0.25) is 0 Å². The molecule has 0 radical (unpaired) electrons.